The van der Waals surface area contributed by atoms with Gasteiger partial charge < -0.3 is 9.84 Å². The van der Waals surface area contributed by atoms with Crippen molar-refractivity contribution in [3.05, 3.63) is 35.9 Å². The summed E-state index contributed by atoms with van der Waals surface area (Å²) in [5.41, 5.74) is 0.816. The molecule has 1 aromatic rings. The van der Waals surface area contributed by atoms with Crippen molar-refractivity contribution in [2.45, 2.75) is 50.9 Å². The lowest BCUT2D eigenvalue weighted by Crippen LogP contribution is -2.59. The third-order valence-corrected chi connectivity index (χ3v) is 5.39. The van der Waals surface area contributed by atoms with E-state index in [0.717, 1.165) is 39.0 Å². The highest BCUT2D eigenvalue weighted by atomic mass is 16.5. The molecule has 0 aromatic heterocycles. The summed E-state index contributed by atoms with van der Waals surface area (Å²) in [6, 6.07) is 11.7. The minimum Gasteiger partial charge on any atom is -0.388 e. The van der Waals surface area contributed by atoms with Gasteiger partial charge in [-0.15, -0.1) is 0 Å². The molecule has 1 aromatic carbocycles. The van der Waals surface area contributed by atoms with Gasteiger partial charge in [0.05, 0.1) is 5.60 Å². The van der Waals surface area contributed by atoms with Crippen molar-refractivity contribution in [1.29, 1.82) is 0 Å². The third-order valence-electron chi connectivity index (χ3n) is 5.39. The van der Waals surface area contributed by atoms with Gasteiger partial charge in [-0.25, -0.2) is 0 Å². The molecule has 2 fully saturated rings. The van der Waals surface area contributed by atoms with Crippen LogP contribution in [0.25, 0.3) is 0 Å². The number of rotatable bonds is 4. The van der Waals surface area contributed by atoms with E-state index < -0.39 is 5.60 Å². The van der Waals surface area contributed by atoms with Gasteiger partial charge in [0.1, 0.15) is 0 Å². The maximum Gasteiger partial charge on any atom is 0.0818 e. The van der Waals surface area contributed by atoms with Crippen molar-refractivity contribution in [3.8, 4) is 0 Å². The van der Waals surface area contributed by atoms with Crippen LogP contribution in [0.4, 0.5) is 0 Å². The maximum absolute atomic E-state index is 10.8. The fraction of sp³-hybridized carbons (Fsp3) is 0.684. The zero-order valence-corrected chi connectivity index (χ0v) is 14.4. The van der Waals surface area contributed by atoms with E-state index in [4.69, 9.17) is 4.74 Å². The van der Waals surface area contributed by atoms with Gasteiger partial charge in [0.15, 0.2) is 0 Å². The summed E-state index contributed by atoms with van der Waals surface area (Å²) < 4.78 is 5.40. The van der Waals surface area contributed by atoms with E-state index in [2.05, 4.69) is 54.0 Å². The van der Waals surface area contributed by atoms with Crippen LogP contribution >= 0.6 is 0 Å². The summed E-state index contributed by atoms with van der Waals surface area (Å²) in [6.45, 7) is 9.84. The van der Waals surface area contributed by atoms with Crippen LogP contribution in [-0.2, 0) is 11.3 Å². The quantitative estimate of drug-likeness (QED) is 0.922. The Balaban J connectivity index is 1.58. The molecule has 3 rings (SSSR count). The minimum absolute atomic E-state index is 0.474. The molecule has 4 nitrogen and oxygen atoms in total. The van der Waals surface area contributed by atoms with Gasteiger partial charge in [-0.2, -0.15) is 0 Å². The van der Waals surface area contributed by atoms with Crippen LogP contribution in [0.5, 0.6) is 0 Å². The monoisotopic (exact) mass is 318 g/mol. The molecule has 0 amide bonds. The Hall–Kier alpha value is -0.940. The van der Waals surface area contributed by atoms with E-state index in [9.17, 15) is 5.11 Å². The summed E-state index contributed by atoms with van der Waals surface area (Å²) in [6.07, 6.45) is 1.52. The van der Waals surface area contributed by atoms with E-state index in [-0.39, 0.29) is 0 Å². The number of piperazine rings is 1. The average Bonchev–Trinajstić information content (AvgIpc) is 2.54. The number of benzene rings is 1. The van der Waals surface area contributed by atoms with Gasteiger partial charge in [-0.3, -0.25) is 9.80 Å². The summed E-state index contributed by atoms with van der Waals surface area (Å²) in [4.78, 5) is 5.03. The number of hydrogen-bond donors (Lipinski definition) is 1. The van der Waals surface area contributed by atoms with Gasteiger partial charge in [0.25, 0.3) is 0 Å². The molecule has 2 atom stereocenters. The Bertz CT molecular complexity index is 487. The van der Waals surface area contributed by atoms with Crippen LogP contribution in [0.15, 0.2) is 30.3 Å². The first-order valence-corrected chi connectivity index (χ1v) is 8.88. The van der Waals surface area contributed by atoms with Gasteiger partial charge in [-0.1, -0.05) is 30.3 Å². The fourth-order valence-corrected chi connectivity index (χ4v) is 3.82. The van der Waals surface area contributed by atoms with Gasteiger partial charge in [0.2, 0.25) is 0 Å². The van der Waals surface area contributed by atoms with E-state index in [1.165, 1.54) is 5.56 Å². The second-order valence-electron chi connectivity index (χ2n) is 7.38. The molecular weight excluding hydrogens is 288 g/mol. The standard InChI is InChI=1S/C19H30N2O2/c1-16-13-21(15-19(22)8-10-23-11-9-19)17(2)12-20(16)14-18-6-4-3-5-7-18/h3-7,16-17,22H,8-15H2,1-2H3/t16-,17+/m0/s1. The lowest BCUT2D eigenvalue weighted by atomic mass is 9.92. The number of ether oxygens (including phenoxy) is 1. The summed E-state index contributed by atoms with van der Waals surface area (Å²) in [7, 11) is 0. The largest absolute Gasteiger partial charge is 0.388 e. The van der Waals surface area contributed by atoms with Gasteiger partial charge in [0, 0.05) is 64.3 Å². The predicted octanol–water partition coefficient (Wildman–Crippen LogP) is 2.12. The van der Waals surface area contributed by atoms with Crippen LogP contribution in [-0.4, -0.2) is 65.4 Å². The van der Waals surface area contributed by atoms with Gasteiger partial charge in [-0.05, 0) is 19.4 Å². The molecule has 2 aliphatic rings. The molecule has 2 heterocycles. The molecule has 0 saturated carbocycles. The first kappa shape index (κ1) is 16.9. The molecule has 1 N–H and O–H groups in total. The maximum atomic E-state index is 10.8. The molecule has 2 aliphatic heterocycles. The highest BCUT2D eigenvalue weighted by Crippen LogP contribution is 2.25. The van der Waals surface area contributed by atoms with Crippen LogP contribution in [0.2, 0.25) is 0 Å². The van der Waals surface area contributed by atoms with E-state index >= 15 is 0 Å². The smallest absolute Gasteiger partial charge is 0.0818 e. The molecular formula is C19H30N2O2. The predicted molar refractivity (Wildman–Crippen MR) is 92.4 cm³/mol. The highest BCUT2D eigenvalue weighted by molar-refractivity contribution is 5.14. The van der Waals surface area contributed by atoms with E-state index in [0.29, 0.717) is 25.3 Å². The van der Waals surface area contributed by atoms with Crippen LogP contribution < -0.4 is 0 Å². The van der Waals surface area contributed by atoms with Crippen molar-refractivity contribution in [1.82, 2.24) is 9.80 Å². The second kappa shape index (κ2) is 7.31. The Morgan fingerprint density at radius 2 is 1.65 bits per heavy atom. The third kappa shape index (κ3) is 4.32. The lowest BCUT2D eigenvalue weighted by Gasteiger charge is -2.47. The first-order valence-electron chi connectivity index (χ1n) is 8.88. The van der Waals surface area contributed by atoms with Crippen molar-refractivity contribution in [2.24, 2.45) is 0 Å². The molecule has 2 saturated heterocycles. The van der Waals surface area contributed by atoms with Gasteiger partial charge >= 0.3 is 0 Å². The lowest BCUT2D eigenvalue weighted by molar-refractivity contribution is -0.0957. The Labute approximate surface area is 140 Å². The van der Waals surface area contributed by atoms with E-state index in [1.54, 1.807) is 0 Å². The number of β-amino-alcohol motifs (C(OH)–C–C–N with tert-alkyl or cyclic N) is 1. The number of hydrogen-bond acceptors (Lipinski definition) is 4. The Morgan fingerprint density at radius 3 is 2.35 bits per heavy atom. The number of nitrogens with zero attached hydrogens (tertiary/aromatic N) is 2. The zero-order valence-electron chi connectivity index (χ0n) is 14.4. The fourth-order valence-electron chi connectivity index (χ4n) is 3.82. The molecule has 128 valence electrons. The normalized spacial score (nSPS) is 29.5. The first-order chi connectivity index (χ1) is 11.1. The molecule has 0 bridgehead atoms. The summed E-state index contributed by atoms with van der Waals surface area (Å²) >= 11 is 0. The topological polar surface area (TPSA) is 35.9 Å². The summed E-state index contributed by atoms with van der Waals surface area (Å²) in [5.74, 6) is 0. The van der Waals surface area contributed by atoms with E-state index in [1.807, 2.05) is 0 Å². The van der Waals surface area contributed by atoms with Crippen molar-refractivity contribution < 1.29 is 9.84 Å². The summed E-state index contributed by atoms with van der Waals surface area (Å²) in [5, 5.41) is 10.8. The Kier molecular flexibility index (Phi) is 5.37. The molecule has 0 aliphatic carbocycles. The highest BCUT2D eigenvalue weighted by Gasteiger charge is 2.36. The van der Waals surface area contributed by atoms with Crippen LogP contribution in [0, 0.1) is 0 Å². The average molecular weight is 318 g/mol. The van der Waals surface area contributed by atoms with Crippen molar-refractivity contribution in [3.63, 3.8) is 0 Å². The zero-order chi connectivity index (χ0) is 16.3. The van der Waals surface area contributed by atoms with Crippen molar-refractivity contribution >= 4 is 0 Å². The molecule has 0 spiro atoms. The molecule has 0 radical (unpaired) electrons. The second-order valence-corrected chi connectivity index (χ2v) is 7.38. The molecule has 4 heteroatoms. The van der Waals surface area contributed by atoms with Crippen molar-refractivity contribution in [2.75, 3.05) is 32.8 Å². The van der Waals surface area contributed by atoms with Crippen LogP contribution in [0.1, 0.15) is 32.3 Å². The van der Waals surface area contributed by atoms with Crippen LogP contribution in [0.3, 0.4) is 0 Å². The number of aliphatic hydroxyl groups is 1. The molecule has 23 heavy (non-hydrogen) atoms. The minimum atomic E-state index is -0.562. The Morgan fingerprint density at radius 1 is 1.04 bits per heavy atom. The molecule has 0 unspecified atom stereocenters. The SMILES string of the molecule is C[C@@H]1CN(Cc2ccccc2)[C@@H](C)CN1CC1(O)CCOCC1.